The van der Waals surface area contributed by atoms with E-state index in [0.29, 0.717) is 22.2 Å². The Morgan fingerprint density at radius 1 is 0.846 bits per heavy atom. The number of hydrogen-bond donors (Lipinski definition) is 2. The second-order valence-electron chi connectivity index (χ2n) is 6.09. The van der Waals surface area contributed by atoms with Gasteiger partial charge in [0, 0.05) is 13.1 Å². The van der Waals surface area contributed by atoms with E-state index in [9.17, 15) is 9.50 Å². The fourth-order valence-electron chi connectivity index (χ4n) is 2.85. The van der Waals surface area contributed by atoms with Gasteiger partial charge in [0.25, 0.3) is 0 Å². The fourth-order valence-corrected chi connectivity index (χ4v) is 3.17. The van der Waals surface area contributed by atoms with Gasteiger partial charge in [0.1, 0.15) is 11.4 Å². The average Bonchev–Trinajstić information content (AvgIpc) is 2.66. The summed E-state index contributed by atoms with van der Waals surface area (Å²) in [6, 6.07) is 20.6. The predicted molar refractivity (Wildman–Crippen MR) is 104 cm³/mol. The quantitative estimate of drug-likeness (QED) is 0.610. The smallest absolute Gasteiger partial charge is 0.127 e. The molecule has 0 amide bonds. The number of rotatable bonds is 6. The molecule has 2 N–H and O–H groups in total. The molecule has 3 aromatic carbocycles. The molecule has 0 heterocycles. The summed E-state index contributed by atoms with van der Waals surface area (Å²) in [5, 5.41) is 15.6. The summed E-state index contributed by atoms with van der Waals surface area (Å²) in [6.07, 6.45) is 0. The van der Waals surface area contributed by atoms with E-state index in [1.807, 2.05) is 36.4 Å². The Hall–Kier alpha value is -1.91. The van der Waals surface area contributed by atoms with E-state index >= 15 is 0 Å². The van der Waals surface area contributed by atoms with Crippen molar-refractivity contribution in [2.24, 2.45) is 0 Å². The van der Waals surface area contributed by atoms with Gasteiger partial charge in [-0.1, -0.05) is 71.7 Å². The van der Waals surface area contributed by atoms with E-state index < -0.39 is 5.60 Å². The molecule has 0 aliphatic heterocycles. The lowest BCUT2D eigenvalue weighted by Gasteiger charge is -2.30. The van der Waals surface area contributed by atoms with Gasteiger partial charge in [-0.25, -0.2) is 4.39 Å². The van der Waals surface area contributed by atoms with E-state index in [4.69, 9.17) is 23.2 Å². The Morgan fingerprint density at radius 2 is 1.50 bits per heavy atom. The molecule has 0 saturated carbocycles. The Labute approximate surface area is 162 Å². The maximum absolute atomic E-state index is 13.3. The monoisotopic (exact) mass is 389 g/mol. The maximum Gasteiger partial charge on any atom is 0.127 e. The summed E-state index contributed by atoms with van der Waals surface area (Å²) < 4.78 is 13.3. The number of aliphatic hydroxyl groups is 1. The first-order valence-corrected chi connectivity index (χ1v) is 8.93. The summed E-state index contributed by atoms with van der Waals surface area (Å²) in [5.41, 5.74) is 1.01. The highest BCUT2D eigenvalue weighted by Crippen LogP contribution is 2.29. The zero-order valence-corrected chi connectivity index (χ0v) is 15.4. The molecule has 3 aromatic rings. The largest absolute Gasteiger partial charge is 0.379 e. The molecule has 2 nitrogen and oxygen atoms in total. The maximum atomic E-state index is 13.3. The summed E-state index contributed by atoms with van der Waals surface area (Å²) in [5.74, 6) is -0.340. The van der Waals surface area contributed by atoms with Crippen LogP contribution >= 0.6 is 23.2 Å². The van der Waals surface area contributed by atoms with Gasteiger partial charge in [0.15, 0.2) is 0 Å². The minimum atomic E-state index is -1.29. The first-order valence-electron chi connectivity index (χ1n) is 8.17. The van der Waals surface area contributed by atoms with Crippen LogP contribution < -0.4 is 5.32 Å². The van der Waals surface area contributed by atoms with Gasteiger partial charge in [0.2, 0.25) is 0 Å². The predicted octanol–water partition coefficient (Wildman–Crippen LogP) is 5.16. The molecule has 1 atom stereocenters. The minimum absolute atomic E-state index is 0.253. The van der Waals surface area contributed by atoms with Gasteiger partial charge in [0.05, 0.1) is 10.0 Å². The van der Waals surface area contributed by atoms with Crippen LogP contribution in [0.25, 0.3) is 0 Å². The van der Waals surface area contributed by atoms with Crippen molar-refractivity contribution in [3.05, 3.63) is 105 Å². The number of halogens is 3. The molecule has 0 radical (unpaired) electrons. The Bertz CT molecular complexity index is 871. The van der Waals surface area contributed by atoms with E-state index in [-0.39, 0.29) is 12.4 Å². The van der Waals surface area contributed by atoms with Gasteiger partial charge in [-0.05, 0) is 41.0 Å². The van der Waals surface area contributed by atoms with Crippen molar-refractivity contribution in [3.63, 3.8) is 0 Å². The van der Waals surface area contributed by atoms with Crippen LogP contribution in [-0.4, -0.2) is 11.7 Å². The van der Waals surface area contributed by atoms with Gasteiger partial charge in [-0.3, -0.25) is 0 Å². The molecular formula is C21H18Cl2FNO. The van der Waals surface area contributed by atoms with Crippen LogP contribution in [0.1, 0.15) is 16.7 Å². The topological polar surface area (TPSA) is 32.3 Å². The molecule has 0 fully saturated rings. The van der Waals surface area contributed by atoms with E-state index in [2.05, 4.69) is 5.32 Å². The third-order valence-electron chi connectivity index (χ3n) is 4.27. The molecule has 0 aliphatic rings. The molecule has 0 spiro atoms. The second kappa shape index (κ2) is 8.19. The third kappa shape index (κ3) is 4.25. The highest BCUT2D eigenvalue weighted by Gasteiger charge is 2.31. The van der Waals surface area contributed by atoms with Crippen LogP contribution in [0.15, 0.2) is 72.8 Å². The number of hydrogen-bond acceptors (Lipinski definition) is 2. The van der Waals surface area contributed by atoms with Crippen LogP contribution in [-0.2, 0) is 12.1 Å². The summed E-state index contributed by atoms with van der Waals surface area (Å²) in [6.45, 7) is 0.760. The van der Waals surface area contributed by atoms with Crippen molar-refractivity contribution < 1.29 is 9.50 Å². The van der Waals surface area contributed by atoms with Gasteiger partial charge in [-0.15, -0.1) is 0 Å². The van der Waals surface area contributed by atoms with E-state index in [0.717, 1.165) is 11.1 Å². The summed E-state index contributed by atoms with van der Waals surface area (Å²) in [7, 11) is 0. The zero-order valence-electron chi connectivity index (χ0n) is 13.9. The van der Waals surface area contributed by atoms with Crippen molar-refractivity contribution in [2.75, 3.05) is 6.54 Å². The van der Waals surface area contributed by atoms with Crippen LogP contribution in [0.5, 0.6) is 0 Å². The van der Waals surface area contributed by atoms with E-state index in [1.54, 1.807) is 24.3 Å². The standard InChI is InChI=1S/C21H18Cl2FNO/c22-19-11-6-15(12-20(19)23)13-25-14-21(26,16-4-2-1-3-5-16)17-7-9-18(24)10-8-17/h1-12,25-26H,13-14H2. The molecule has 0 aromatic heterocycles. The highest BCUT2D eigenvalue weighted by molar-refractivity contribution is 6.42. The molecule has 0 bridgehead atoms. The number of nitrogens with one attached hydrogen (secondary N) is 1. The third-order valence-corrected chi connectivity index (χ3v) is 5.01. The van der Waals surface area contributed by atoms with Crippen molar-refractivity contribution in [1.82, 2.24) is 5.32 Å². The summed E-state index contributed by atoms with van der Waals surface area (Å²) >= 11 is 12.0. The lowest BCUT2D eigenvalue weighted by atomic mass is 9.86. The highest BCUT2D eigenvalue weighted by atomic mass is 35.5. The normalized spacial score (nSPS) is 13.4. The molecule has 1 unspecified atom stereocenters. The molecule has 0 saturated heterocycles. The fraction of sp³-hybridized carbons (Fsp3) is 0.143. The minimum Gasteiger partial charge on any atom is -0.379 e. The van der Waals surface area contributed by atoms with E-state index in [1.165, 1.54) is 12.1 Å². The van der Waals surface area contributed by atoms with Gasteiger partial charge >= 0.3 is 0 Å². The van der Waals surface area contributed by atoms with Crippen LogP contribution in [0.3, 0.4) is 0 Å². The van der Waals surface area contributed by atoms with Crippen molar-refractivity contribution in [1.29, 1.82) is 0 Å². The number of benzene rings is 3. The van der Waals surface area contributed by atoms with Gasteiger partial charge < -0.3 is 10.4 Å². The SMILES string of the molecule is OC(CNCc1ccc(Cl)c(Cl)c1)(c1ccccc1)c1ccc(F)cc1. The first kappa shape index (κ1) is 18.9. The Balaban J connectivity index is 1.82. The molecule has 3 rings (SSSR count). The lowest BCUT2D eigenvalue weighted by Crippen LogP contribution is -2.39. The lowest BCUT2D eigenvalue weighted by molar-refractivity contribution is 0.0795. The first-order chi connectivity index (χ1) is 12.5. The van der Waals surface area contributed by atoms with Crippen molar-refractivity contribution in [3.8, 4) is 0 Å². The zero-order chi connectivity index (χ0) is 18.6. The van der Waals surface area contributed by atoms with Crippen LogP contribution in [0, 0.1) is 5.82 Å². The molecule has 134 valence electrons. The molecule has 26 heavy (non-hydrogen) atoms. The van der Waals surface area contributed by atoms with Crippen molar-refractivity contribution >= 4 is 23.2 Å². The van der Waals surface area contributed by atoms with Crippen molar-refractivity contribution in [2.45, 2.75) is 12.1 Å². The Morgan fingerprint density at radius 3 is 2.15 bits per heavy atom. The molecular weight excluding hydrogens is 372 g/mol. The van der Waals surface area contributed by atoms with Gasteiger partial charge in [-0.2, -0.15) is 0 Å². The van der Waals surface area contributed by atoms with Crippen LogP contribution in [0.2, 0.25) is 10.0 Å². The second-order valence-corrected chi connectivity index (χ2v) is 6.90. The van der Waals surface area contributed by atoms with Crippen LogP contribution in [0.4, 0.5) is 4.39 Å². The summed E-state index contributed by atoms with van der Waals surface area (Å²) in [4.78, 5) is 0. The molecule has 5 heteroatoms. The molecule has 0 aliphatic carbocycles. The Kier molecular flexibility index (Phi) is 5.94. The average molecular weight is 390 g/mol.